The van der Waals surface area contributed by atoms with Crippen LogP contribution in [0.4, 0.5) is 0 Å². The number of nitrogens with zero attached hydrogens (tertiary/aromatic N) is 2. The van der Waals surface area contributed by atoms with Crippen LogP contribution in [-0.4, -0.2) is 17.0 Å². The van der Waals surface area contributed by atoms with Crippen LogP contribution in [0, 0.1) is 0 Å². The van der Waals surface area contributed by atoms with Crippen molar-refractivity contribution in [3.05, 3.63) is 35.9 Å². The predicted octanol–water partition coefficient (Wildman–Crippen LogP) is 2.24. The maximum absolute atomic E-state index is 4.31. The molecule has 1 heterocycles. The Bertz CT molecular complexity index is 332. The summed E-state index contributed by atoms with van der Waals surface area (Å²) in [5.41, 5.74) is 1.44. The molecule has 0 saturated carbocycles. The summed E-state index contributed by atoms with van der Waals surface area (Å²) < 4.78 is 0. The van der Waals surface area contributed by atoms with Crippen LogP contribution >= 0.6 is 0 Å². The van der Waals surface area contributed by atoms with Gasteiger partial charge in [-0.1, -0.05) is 6.08 Å². The lowest BCUT2D eigenvalue weighted by atomic mass is 9.93. The maximum Gasteiger partial charge on any atom is 0.149 e. The normalized spacial score (nSPS) is 18.3. The maximum atomic E-state index is 4.31. The van der Waals surface area contributed by atoms with Crippen molar-refractivity contribution in [3.8, 4) is 0 Å². The molecule has 0 aromatic carbocycles. The Kier molecular flexibility index (Phi) is 3.45. The van der Waals surface area contributed by atoms with E-state index in [1.807, 2.05) is 13.1 Å². The molecule has 0 bridgehead atoms. The molecule has 0 spiro atoms. The van der Waals surface area contributed by atoms with Gasteiger partial charge in [0.15, 0.2) is 0 Å². The lowest BCUT2D eigenvalue weighted by Crippen LogP contribution is -2.22. The minimum absolute atomic E-state index is 0.200. The van der Waals surface area contributed by atoms with Crippen molar-refractivity contribution < 1.29 is 0 Å². The molecule has 1 aliphatic carbocycles. The fourth-order valence-electron chi connectivity index (χ4n) is 2.07. The molecule has 0 radical (unpaired) electrons. The highest BCUT2D eigenvalue weighted by Gasteiger charge is 2.18. The number of rotatable bonds is 3. The lowest BCUT2D eigenvalue weighted by molar-refractivity contribution is 0.570. The largest absolute Gasteiger partial charge is 0.307 e. The number of nitrogens with one attached hydrogen (secondary N) is 1. The molecule has 2 rings (SSSR count). The fraction of sp³-hybridized carbons (Fsp3) is 0.500. The zero-order chi connectivity index (χ0) is 10.5. The van der Waals surface area contributed by atoms with Gasteiger partial charge in [-0.25, -0.2) is 9.97 Å². The van der Waals surface area contributed by atoms with E-state index in [1.54, 1.807) is 12.4 Å². The standard InChI is InChI=1S/C12H17N3/c1-13-11(10-6-3-2-4-7-10)12-14-8-5-9-15-12/h5-6,8-9,11,13H,2-4,7H2,1H3. The molecule has 0 saturated heterocycles. The molecule has 1 aromatic rings. The first-order chi connectivity index (χ1) is 7.42. The molecule has 3 heteroatoms. The topological polar surface area (TPSA) is 37.8 Å². The zero-order valence-corrected chi connectivity index (χ0v) is 9.11. The first-order valence-electron chi connectivity index (χ1n) is 5.55. The minimum atomic E-state index is 0.200. The molecular weight excluding hydrogens is 186 g/mol. The Morgan fingerprint density at radius 2 is 2.07 bits per heavy atom. The molecule has 1 unspecified atom stereocenters. The number of hydrogen-bond donors (Lipinski definition) is 1. The van der Waals surface area contributed by atoms with Crippen LogP contribution in [0.3, 0.4) is 0 Å². The van der Waals surface area contributed by atoms with Gasteiger partial charge >= 0.3 is 0 Å². The van der Waals surface area contributed by atoms with E-state index in [1.165, 1.54) is 31.3 Å². The molecule has 0 aliphatic heterocycles. The van der Waals surface area contributed by atoms with Crippen molar-refractivity contribution in [1.82, 2.24) is 15.3 Å². The average molecular weight is 203 g/mol. The van der Waals surface area contributed by atoms with Gasteiger partial charge in [0.25, 0.3) is 0 Å². The van der Waals surface area contributed by atoms with Gasteiger partial charge in [0.2, 0.25) is 0 Å². The SMILES string of the molecule is CNC(C1=CCCCC1)c1ncccn1. The van der Waals surface area contributed by atoms with Crippen LogP contribution in [0.2, 0.25) is 0 Å². The second kappa shape index (κ2) is 5.03. The van der Waals surface area contributed by atoms with Gasteiger partial charge in [0.1, 0.15) is 5.82 Å². The molecule has 0 fully saturated rings. The molecule has 1 aliphatic rings. The van der Waals surface area contributed by atoms with Crippen LogP contribution in [-0.2, 0) is 0 Å². The van der Waals surface area contributed by atoms with Crippen molar-refractivity contribution in [2.45, 2.75) is 31.7 Å². The molecular formula is C12H17N3. The Morgan fingerprint density at radius 3 is 2.67 bits per heavy atom. The Balaban J connectivity index is 2.20. The first-order valence-corrected chi connectivity index (χ1v) is 5.55. The molecule has 1 atom stereocenters. The summed E-state index contributed by atoms with van der Waals surface area (Å²) >= 11 is 0. The van der Waals surface area contributed by atoms with Gasteiger partial charge in [-0.2, -0.15) is 0 Å². The lowest BCUT2D eigenvalue weighted by Gasteiger charge is -2.21. The van der Waals surface area contributed by atoms with Crippen molar-refractivity contribution in [2.75, 3.05) is 7.05 Å². The number of likely N-dealkylation sites (N-methyl/N-ethyl adjacent to an activating group) is 1. The van der Waals surface area contributed by atoms with E-state index in [0.717, 1.165) is 5.82 Å². The highest BCUT2D eigenvalue weighted by atomic mass is 15.0. The minimum Gasteiger partial charge on any atom is -0.307 e. The summed E-state index contributed by atoms with van der Waals surface area (Å²) in [6.45, 7) is 0. The summed E-state index contributed by atoms with van der Waals surface area (Å²) in [6.07, 6.45) is 10.9. The smallest absolute Gasteiger partial charge is 0.149 e. The van der Waals surface area contributed by atoms with Crippen molar-refractivity contribution in [3.63, 3.8) is 0 Å². The second-order valence-corrected chi connectivity index (χ2v) is 3.85. The summed E-state index contributed by atoms with van der Waals surface area (Å²) in [4.78, 5) is 8.62. The Hall–Kier alpha value is -1.22. The van der Waals surface area contributed by atoms with Crippen LogP contribution in [0.15, 0.2) is 30.1 Å². The van der Waals surface area contributed by atoms with Crippen LogP contribution in [0.25, 0.3) is 0 Å². The van der Waals surface area contributed by atoms with Crippen LogP contribution < -0.4 is 5.32 Å². The third kappa shape index (κ3) is 2.42. The first kappa shape index (κ1) is 10.3. The van der Waals surface area contributed by atoms with Crippen LogP contribution in [0.5, 0.6) is 0 Å². The quantitative estimate of drug-likeness (QED) is 0.765. The number of allylic oxidation sites excluding steroid dienone is 1. The molecule has 1 aromatic heterocycles. The van der Waals surface area contributed by atoms with E-state index in [9.17, 15) is 0 Å². The van der Waals surface area contributed by atoms with E-state index < -0.39 is 0 Å². The van der Waals surface area contributed by atoms with Gasteiger partial charge < -0.3 is 5.32 Å². The monoisotopic (exact) mass is 203 g/mol. The highest BCUT2D eigenvalue weighted by molar-refractivity contribution is 5.18. The van der Waals surface area contributed by atoms with Crippen molar-refractivity contribution in [2.24, 2.45) is 0 Å². The van der Waals surface area contributed by atoms with Crippen molar-refractivity contribution in [1.29, 1.82) is 0 Å². The van der Waals surface area contributed by atoms with E-state index in [4.69, 9.17) is 0 Å². The van der Waals surface area contributed by atoms with Gasteiger partial charge in [0.05, 0.1) is 6.04 Å². The van der Waals surface area contributed by atoms with Gasteiger partial charge in [-0.05, 0) is 44.4 Å². The third-order valence-electron chi connectivity index (χ3n) is 2.83. The second-order valence-electron chi connectivity index (χ2n) is 3.85. The van der Waals surface area contributed by atoms with Crippen molar-refractivity contribution >= 4 is 0 Å². The summed E-state index contributed by atoms with van der Waals surface area (Å²) in [7, 11) is 1.97. The Morgan fingerprint density at radius 1 is 1.27 bits per heavy atom. The zero-order valence-electron chi connectivity index (χ0n) is 9.11. The molecule has 15 heavy (non-hydrogen) atoms. The number of aromatic nitrogens is 2. The Labute approximate surface area is 90.6 Å². The molecule has 1 N–H and O–H groups in total. The van der Waals surface area contributed by atoms with E-state index in [2.05, 4.69) is 21.4 Å². The number of hydrogen-bond acceptors (Lipinski definition) is 3. The summed E-state index contributed by atoms with van der Waals surface area (Å²) in [5, 5.41) is 3.29. The molecule has 80 valence electrons. The van der Waals surface area contributed by atoms with Crippen LogP contribution in [0.1, 0.15) is 37.5 Å². The van der Waals surface area contributed by atoms with E-state index in [0.29, 0.717) is 0 Å². The fourth-order valence-corrected chi connectivity index (χ4v) is 2.07. The summed E-state index contributed by atoms with van der Waals surface area (Å²) in [6, 6.07) is 2.05. The predicted molar refractivity (Wildman–Crippen MR) is 60.4 cm³/mol. The van der Waals surface area contributed by atoms with E-state index in [-0.39, 0.29) is 6.04 Å². The van der Waals surface area contributed by atoms with Gasteiger partial charge in [0, 0.05) is 12.4 Å². The third-order valence-corrected chi connectivity index (χ3v) is 2.83. The molecule has 0 amide bonds. The van der Waals surface area contributed by atoms with E-state index >= 15 is 0 Å². The average Bonchev–Trinajstić information content (AvgIpc) is 2.33. The molecule has 3 nitrogen and oxygen atoms in total. The highest BCUT2D eigenvalue weighted by Crippen LogP contribution is 2.27. The summed E-state index contributed by atoms with van der Waals surface area (Å²) in [5.74, 6) is 0.883. The van der Waals surface area contributed by atoms with Gasteiger partial charge in [-0.3, -0.25) is 0 Å². The van der Waals surface area contributed by atoms with Gasteiger partial charge in [-0.15, -0.1) is 0 Å².